The van der Waals surface area contributed by atoms with Gasteiger partial charge >= 0.3 is 12.1 Å². The Morgan fingerprint density at radius 2 is 1.87 bits per heavy atom. The van der Waals surface area contributed by atoms with E-state index < -0.39 is 29.5 Å². The number of hydrogen-bond acceptors (Lipinski definition) is 6. The molecule has 1 atom stereocenters. The maximum atomic E-state index is 12.4. The third-order valence-corrected chi connectivity index (χ3v) is 5.49. The minimum absolute atomic E-state index is 0.0776. The molecule has 2 aliphatic rings. The molecule has 0 bridgehead atoms. The second-order valence-corrected chi connectivity index (χ2v) is 7.68. The molecular formula is C23H21N3O5. The van der Waals surface area contributed by atoms with Gasteiger partial charge in [-0.3, -0.25) is 9.69 Å². The highest BCUT2D eigenvalue weighted by molar-refractivity contribution is 5.91. The van der Waals surface area contributed by atoms with Gasteiger partial charge in [-0.1, -0.05) is 30.3 Å². The van der Waals surface area contributed by atoms with Crippen LogP contribution >= 0.6 is 0 Å². The van der Waals surface area contributed by atoms with Crippen LogP contribution in [0.2, 0.25) is 0 Å². The summed E-state index contributed by atoms with van der Waals surface area (Å²) in [5.41, 5.74) is 1.50. The highest BCUT2D eigenvalue weighted by atomic mass is 16.7. The van der Waals surface area contributed by atoms with E-state index in [4.69, 9.17) is 9.57 Å². The summed E-state index contributed by atoms with van der Waals surface area (Å²) < 4.78 is 5.38. The third kappa shape index (κ3) is 4.21. The first-order valence-corrected chi connectivity index (χ1v) is 9.97. The van der Waals surface area contributed by atoms with Gasteiger partial charge in [0.25, 0.3) is 5.91 Å². The summed E-state index contributed by atoms with van der Waals surface area (Å²) in [6.07, 6.45) is 0.490. The van der Waals surface area contributed by atoms with Crippen molar-refractivity contribution in [2.75, 3.05) is 18.0 Å². The molecule has 2 aromatic carbocycles. The molecule has 31 heavy (non-hydrogen) atoms. The van der Waals surface area contributed by atoms with Crippen LogP contribution in [0.5, 0.6) is 0 Å². The number of rotatable bonds is 5. The van der Waals surface area contributed by atoms with Gasteiger partial charge in [0.2, 0.25) is 0 Å². The van der Waals surface area contributed by atoms with Gasteiger partial charge in [-0.2, -0.15) is 10.3 Å². The average molecular weight is 419 g/mol. The molecule has 0 N–H and O–H groups in total. The van der Waals surface area contributed by atoms with E-state index in [2.05, 4.69) is 6.07 Å². The molecular weight excluding hydrogens is 398 g/mol. The molecule has 1 heterocycles. The van der Waals surface area contributed by atoms with Crippen LogP contribution in [0.3, 0.4) is 0 Å². The number of anilines is 1. The Bertz CT molecular complexity index is 1040. The standard InChI is InChI=1S/C23H21N3O5/c1-16(27)26(31-21(28)17-5-3-2-4-6-17)14-20-13-25(22(29)30-20)19-9-7-18(8-10-19)23(15-24)11-12-23/h2-10,20H,11-14H2,1H3. The fraction of sp³-hybridized carbons (Fsp3) is 0.304. The molecule has 2 aromatic rings. The van der Waals surface area contributed by atoms with Crippen LogP contribution in [-0.2, 0) is 19.8 Å². The Balaban J connectivity index is 1.40. The summed E-state index contributed by atoms with van der Waals surface area (Å²) in [5.74, 6) is -1.14. The minimum atomic E-state index is -0.668. The van der Waals surface area contributed by atoms with E-state index in [1.54, 1.807) is 42.5 Å². The summed E-state index contributed by atoms with van der Waals surface area (Å²) >= 11 is 0. The third-order valence-electron chi connectivity index (χ3n) is 5.49. The zero-order chi connectivity index (χ0) is 22.0. The second kappa shape index (κ2) is 8.11. The first kappa shape index (κ1) is 20.4. The Hall–Kier alpha value is -3.86. The van der Waals surface area contributed by atoms with E-state index in [1.165, 1.54) is 11.8 Å². The van der Waals surface area contributed by atoms with Gasteiger partial charge in [0, 0.05) is 12.6 Å². The van der Waals surface area contributed by atoms with Crippen molar-refractivity contribution in [3.05, 3.63) is 65.7 Å². The molecule has 1 saturated carbocycles. The van der Waals surface area contributed by atoms with Gasteiger partial charge in [0.1, 0.15) is 6.10 Å². The SMILES string of the molecule is CC(=O)N(CC1CN(c2ccc(C3(C#N)CC3)cc2)C(=O)O1)OC(=O)c1ccccc1. The van der Waals surface area contributed by atoms with Gasteiger partial charge in [-0.15, -0.1) is 0 Å². The van der Waals surface area contributed by atoms with Crippen LogP contribution in [0.15, 0.2) is 54.6 Å². The second-order valence-electron chi connectivity index (χ2n) is 7.68. The number of ether oxygens (including phenoxy) is 1. The number of nitrogens with zero attached hydrogens (tertiary/aromatic N) is 3. The normalized spacial score (nSPS) is 18.6. The van der Waals surface area contributed by atoms with Crippen LogP contribution in [0.25, 0.3) is 0 Å². The zero-order valence-electron chi connectivity index (χ0n) is 17.0. The molecule has 158 valence electrons. The zero-order valence-corrected chi connectivity index (χ0v) is 17.0. The van der Waals surface area contributed by atoms with Gasteiger partial charge in [-0.05, 0) is 42.7 Å². The molecule has 0 radical (unpaired) electrons. The lowest BCUT2D eigenvalue weighted by atomic mass is 9.97. The maximum absolute atomic E-state index is 12.4. The fourth-order valence-corrected chi connectivity index (χ4v) is 3.52. The minimum Gasteiger partial charge on any atom is -0.442 e. The number of hydrogen-bond donors (Lipinski definition) is 0. The van der Waals surface area contributed by atoms with Crippen molar-refractivity contribution in [1.82, 2.24) is 5.06 Å². The molecule has 1 saturated heterocycles. The topological polar surface area (TPSA) is 99.9 Å². The Labute approximate surface area is 179 Å². The summed E-state index contributed by atoms with van der Waals surface area (Å²) in [4.78, 5) is 43.3. The lowest BCUT2D eigenvalue weighted by molar-refractivity contribution is -0.169. The van der Waals surface area contributed by atoms with Crippen molar-refractivity contribution in [3.63, 3.8) is 0 Å². The predicted molar refractivity (Wildman–Crippen MR) is 110 cm³/mol. The number of amides is 2. The molecule has 8 heteroatoms. The van der Waals surface area contributed by atoms with Crippen LogP contribution in [-0.4, -0.2) is 42.2 Å². The number of benzene rings is 2. The van der Waals surface area contributed by atoms with Crippen molar-refractivity contribution in [2.45, 2.75) is 31.3 Å². The van der Waals surface area contributed by atoms with Crippen LogP contribution < -0.4 is 4.90 Å². The molecule has 0 spiro atoms. The summed E-state index contributed by atoms with van der Waals surface area (Å²) in [6, 6.07) is 18.0. The van der Waals surface area contributed by atoms with E-state index in [0.717, 1.165) is 23.5 Å². The first-order valence-electron chi connectivity index (χ1n) is 9.97. The molecule has 0 aromatic heterocycles. The van der Waals surface area contributed by atoms with E-state index in [-0.39, 0.29) is 13.1 Å². The summed E-state index contributed by atoms with van der Waals surface area (Å²) in [5, 5.41) is 10.2. The number of hydroxylamine groups is 2. The number of carbonyl (C=O) groups is 3. The highest BCUT2D eigenvalue weighted by Gasteiger charge is 2.45. The molecule has 8 nitrogen and oxygen atoms in total. The molecule has 4 rings (SSSR count). The van der Waals surface area contributed by atoms with Crippen LogP contribution in [0.1, 0.15) is 35.7 Å². The van der Waals surface area contributed by atoms with E-state index in [1.807, 2.05) is 12.1 Å². The monoisotopic (exact) mass is 419 g/mol. The summed E-state index contributed by atoms with van der Waals surface area (Å²) in [7, 11) is 0. The van der Waals surface area contributed by atoms with Crippen molar-refractivity contribution in [2.24, 2.45) is 0 Å². The van der Waals surface area contributed by atoms with Crippen LogP contribution in [0.4, 0.5) is 10.5 Å². The fourth-order valence-electron chi connectivity index (χ4n) is 3.52. The van der Waals surface area contributed by atoms with Gasteiger partial charge in [0.15, 0.2) is 0 Å². The van der Waals surface area contributed by atoms with Crippen LogP contribution in [0, 0.1) is 11.3 Å². The van der Waals surface area contributed by atoms with E-state index in [9.17, 15) is 19.6 Å². The molecule has 2 amide bonds. The van der Waals surface area contributed by atoms with Crippen molar-refractivity contribution >= 4 is 23.7 Å². The van der Waals surface area contributed by atoms with Gasteiger partial charge < -0.3 is 9.57 Å². The van der Waals surface area contributed by atoms with Crippen molar-refractivity contribution in [3.8, 4) is 6.07 Å². The Kier molecular flexibility index (Phi) is 5.34. The average Bonchev–Trinajstić information content (AvgIpc) is 3.50. The van der Waals surface area contributed by atoms with Crippen molar-refractivity contribution < 1.29 is 24.0 Å². The number of cyclic esters (lactones) is 1. The van der Waals surface area contributed by atoms with E-state index in [0.29, 0.717) is 11.3 Å². The lowest BCUT2D eigenvalue weighted by Gasteiger charge is -2.22. The van der Waals surface area contributed by atoms with Gasteiger partial charge in [0.05, 0.1) is 30.1 Å². The van der Waals surface area contributed by atoms with Gasteiger partial charge in [-0.25, -0.2) is 9.59 Å². The quantitative estimate of drug-likeness (QED) is 0.690. The van der Waals surface area contributed by atoms with Crippen molar-refractivity contribution in [1.29, 1.82) is 5.26 Å². The number of nitriles is 1. The largest absolute Gasteiger partial charge is 0.442 e. The molecule has 1 aliphatic heterocycles. The number of carbonyl (C=O) groups excluding carboxylic acids is 3. The predicted octanol–water partition coefficient (Wildman–Crippen LogP) is 3.19. The Morgan fingerprint density at radius 1 is 1.19 bits per heavy atom. The lowest BCUT2D eigenvalue weighted by Crippen LogP contribution is -2.39. The summed E-state index contributed by atoms with van der Waals surface area (Å²) in [6.45, 7) is 1.40. The molecule has 1 unspecified atom stereocenters. The van der Waals surface area contributed by atoms with E-state index >= 15 is 0 Å². The molecule has 1 aliphatic carbocycles. The highest BCUT2D eigenvalue weighted by Crippen LogP contribution is 2.47. The maximum Gasteiger partial charge on any atom is 0.414 e. The first-order chi connectivity index (χ1) is 14.9. The Morgan fingerprint density at radius 3 is 2.45 bits per heavy atom. The molecule has 2 fully saturated rings. The smallest absolute Gasteiger partial charge is 0.414 e.